The number of hydrogen-bond donors (Lipinski definition) is 1. The summed E-state index contributed by atoms with van der Waals surface area (Å²) in [6, 6.07) is 7.39. The van der Waals surface area contributed by atoms with Crippen LogP contribution in [0.4, 0.5) is 10.1 Å². The molecule has 2 fully saturated rings. The van der Waals surface area contributed by atoms with Gasteiger partial charge in [0, 0.05) is 11.7 Å². The standard InChI is InChI=1S/C13H16FN/c14-11-2-1-3-12(8-11)15-13-7-9-4-5-10(13)6-9/h1-3,8-10,13,15H,4-7H2/t9-,10-,13+/m1/s1. The molecular formula is C13H16FN. The van der Waals surface area contributed by atoms with Gasteiger partial charge >= 0.3 is 0 Å². The second kappa shape index (κ2) is 3.51. The minimum atomic E-state index is -0.150. The Kier molecular flexibility index (Phi) is 2.15. The molecule has 2 bridgehead atoms. The molecule has 3 rings (SSSR count). The van der Waals surface area contributed by atoms with E-state index in [2.05, 4.69) is 5.32 Å². The summed E-state index contributed by atoms with van der Waals surface area (Å²) in [6.45, 7) is 0. The Bertz CT molecular complexity index is 363. The van der Waals surface area contributed by atoms with E-state index in [1.165, 1.54) is 31.7 Å². The van der Waals surface area contributed by atoms with Crippen LogP contribution in [0.3, 0.4) is 0 Å². The normalized spacial score (nSPS) is 33.3. The summed E-state index contributed by atoms with van der Waals surface area (Å²) in [5.41, 5.74) is 0.938. The first-order valence-corrected chi connectivity index (χ1v) is 5.83. The average molecular weight is 205 g/mol. The molecule has 2 aliphatic carbocycles. The van der Waals surface area contributed by atoms with Gasteiger partial charge in [-0.15, -0.1) is 0 Å². The third-order valence-electron chi connectivity index (χ3n) is 3.91. The topological polar surface area (TPSA) is 12.0 Å². The quantitative estimate of drug-likeness (QED) is 0.780. The van der Waals surface area contributed by atoms with E-state index in [1.54, 1.807) is 12.1 Å². The monoisotopic (exact) mass is 205 g/mol. The predicted octanol–water partition coefficient (Wildman–Crippen LogP) is 3.43. The summed E-state index contributed by atoms with van der Waals surface area (Å²) in [5, 5.41) is 3.47. The molecule has 1 nitrogen and oxygen atoms in total. The van der Waals surface area contributed by atoms with E-state index in [0.29, 0.717) is 6.04 Å². The molecule has 2 heteroatoms. The Morgan fingerprint density at radius 2 is 2.13 bits per heavy atom. The summed E-state index contributed by atoms with van der Waals surface area (Å²) in [4.78, 5) is 0. The van der Waals surface area contributed by atoms with Crippen molar-refractivity contribution in [1.82, 2.24) is 0 Å². The van der Waals surface area contributed by atoms with Crippen LogP contribution >= 0.6 is 0 Å². The first-order chi connectivity index (χ1) is 7.31. The number of halogens is 1. The van der Waals surface area contributed by atoms with E-state index in [9.17, 15) is 4.39 Å². The van der Waals surface area contributed by atoms with Crippen LogP contribution in [0.5, 0.6) is 0 Å². The zero-order chi connectivity index (χ0) is 10.3. The minimum absolute atomic E-state index is 0.150. The molecule has 0 aliphatic heterocycles. The first-order valence-electron chi connectivity index (χ1n) is 5.83. The molecule has 2 saturated carbocycles. The highest BCUT2D eigenvalue weighted by molar-refractivity contribution is 5.44. The summed E-state index contributed by atoms with van der Waals surface area (Å²) >= 11 is 0. The van der Waals surface area contributed by atoms with Gasteiger partial charge in [0.05, 0.1) is 0 Å². The lowest BCUT2D eigenvalue weighted by Gasteiger charge is -2.23. The molecule has 15 heavy (non-hydrogen) atoms. The van der Waals surface area contributed by atoms with E-state index >= 15 is 0 Å². The van der Waals surface area contributed by atoms with Crippen molar-refractivity contribution in [2.24, 2.45) is 11.8 Å². The van der Waals surface area contributed by atoms with Crippen LogP contribution < -0.4 is 5.32 Å². The van der Waals surface area contributed by atoms with E-state index in [-0.39, 0.29) is 5.82 Å². The number of nitrogens with one attached hydrogen (secondary N) is 1. The zero-order valence-electron chi connectivity index (χ0n) is 8.75. The molecule has 0 radical (unpaired) electrons. The maximum atomic E-state index is 13.0. The zero-order valence-corrected chi connectivity index (χ0v) is 8.75. The molecule has 0 heterocycles. The number of anilines is 1. The molecule has 0 amide bonds. The fourth-order valence-corrected chi connectivity index (χ4v) is 3.21. The second-order valence-corrected chi connectivity index (χ2v) is 4.94. The highest BCUT2D eigenvalue weighted by atomic mass is 19.1. The lowest BCUT2D eigenvalue weighted by Crippen LogP contribution is -2.25. The van der Waals surface area contributed by atoms with Crippen molar-refractivity contribution in [2.75, 3.05) is 5.32 Å². The summed E-state index contributed by atoms with van der Waals surface area (Å²) in [5.74, 6) is 1.61. The van der Waals surface area contributed by atoms with Gasteiger partial charge in [-0.05, 0) is 49.3 Å². The lowest BCUT2D eigenvalue weighted by atomic mass is 9.95. The van der Waals surface area contributed by atoms with Crippen molar-refractivity contribution < 1.29 is 4.39 Å². The van der Waals surface area contributed by atoms with Gasteiger partial charge in [0.15, 0.2) is 0 Å². The Balaban J connectivity index is 1.71. The average Bonchev–Trinajstić information content (AvgIpc) is 2.79. The van der Waals surface area contributed by atoms with Gasteiger partial charge in [-0.25, -0.2) is 4.39 Å². The number of rotatable bonds is 2. The van der Waals surface area contributed by atoms with Crippen molar-refractivity contribution in [3.63, 3.8) is 0 Å². The Morgan fingerprint density at radius 1 is 1.20 bits per heavy atom. The van der Waals surface area contributed by atoms with Crippen molar-refractivity contribution in [2.45, 2.75) is 31.7 Å². The van der Waals surface area contributed by atoms with E-state index in [0.717, 1.165) is 17.5 Å². The van der Waals surface area contributed by atoms with Gasteiger partial charge in [-0.1, -0.05) is 12.5 Å². The Morgan fingerprint density at radius 3 is 2.80 bits per heavy atom. The molecule has 1 N–H and O–H groups in total. The molecule has 1 aromatic rings. The van der Waals surface area contributed by atoms with Gasteiger partial charge in [0.25, 0.3) is 0 Å². The van der Waals surface area contributed by atoms with Gasteiger partial charge in [0.1, 0.15) is 5.82 Å². The van der Waals surface area contributed by atoms with Crippen LogP contribution in [0.1, 0.15) is 25.7 Å². The molecule has 80 valence electrons. The third-order valence-corrected chi connectivity index (χ3v) is 3.91. The van der Waals surface area contributed by atoms with Gasteiger partial charge < -0.3 is 5.32 Å². The van der Waals surface area contributed by atoms with Gasteiger partial charge in [-0.3, -0.25) is 0 Å². The molecule has 2 aliphatic rings. The van der Waals surface area contributed by atoms with Crippen LogP contribution in [-0.4, -0.2) is 6.04 Å². The SMILES string of the molecule is Fc1cccc(N[C@H]2C[C@@H]3CC[C@@H]2C3)c1. The number of fused-ring (bicyclic) bond motifs is 2. The third kappa shape index (κ3) is 1.73. The van der Waals surface area contributed by atoms with Gasteiger partial charge in [0.2, 0.25) is 0 Å². The molecule has 3 atom stereocenters. The summed E-state index contributed by atoms with van der Waals surface area (Å²) < 4.78 is 13.0. The highest BCUT2D eigenvalue weighted by Crippen LogP contribution is 2.45. The van der Waals surface area contributed by atoms with Crippen LogP contribution in [0.25, 0.3) is 0 Å². The first kappa shape index (κ1) is 9.20. The van der Waals surface area contributed by atoms with Crippen LogP contribution in [0.2, 0.25) is 0 Å². The van der Waals surface area contributed by atoms with Gasteiger partial charge in [-0.2, -0.15) is 0 Å². The molecule has 0 aromatic heterocycles. The molecule has 0 unspecified atom stereocenters. The van der Waals surface area contributed by atoms with E-state index in [4.69, 9.17) is 0 Å². The molecule has 0 saturated heterocycles. The highest BCUT2D eigenvalue weighted by Gasteiger charge is 2.39. The van der Waals surface area contributed by atoms with Crippen molar-refractivity contribution >= 4 is 5.69 Å². The van der Waals surface area contributed by atoms with Crippen molar-refractivity contribution in [1.29, 1.82) is 0 Å². The summed E-state index contributed by atoms with van der Waals surface area (Å²) in [7, 11) is 0. The lowest BCUT2D eigenvalue weighted by molar-refractivity contribution is 0.439. The fraction of sp³-hybridized carbons (Fsp3) is 0.538. The molecule has 1 aromatic carbocycles. The van der Waals surface area contributed by atoms with E-state index in [1.807, 2.05) is 6.07 Å². The maximum absolute atomic E-state index is 13.0. The van der Waals surface area contributed by atoms with Crippen LogP contribution in [-0.2, 0) is 0 Å². The largest absolute Gasteiger partial charge is 0.382 e. The summed E-state index contributed by atoms with van der Waals surface area (Å²) in [6.07, 6.45) is 5.43. The maximum Gasteiger partial charge on any atom is 0.125 e. The Hall–Kier alpha value is -1.05. The molecule has 0 spiro atoms. The number of hydrogen-bond acceptors (Lipinski definition) is 1. The van der Waals surface area contributed by atoms with Crippen molar-refractivity contribution in [3.05, 3.63) is 30.1 Å². The predicted molar refractivity (Wildman–Crippen MR) is 59.3 cm³/mol. The van der Waals surface area contributed by atoms with Crippen LogP contribution in [0, 0.1) is 17.7 Å². The molecular weight excluding hydrogens is 189 g/mol. The number of benzene rings is 1. The smallest absolute Gasteiger partial charge is 0.125 e. The van der Waals surface area contributed by atoms with E-state index < -0.39 is 0 Å². The van der Waals surface area contributed by atoms with Crippen LogP contribution in [0.15, 0.2) is 24.3 Å². The Labute approximate surface area is 89.7 Å². The second-order valence-electron chi connectivity index (χ2n) is 4.94. The fourth-order valence-electron chi connectivity index (χ4n) is 3.21. The van der Waals surface area contributed by atoms with Crippen molar-refractivity contribution in [3.8, 4) is 0 Å². The minimum Gasteiger partial charge on any atom is -0.382 e.